The molecular weight excluding hydrogens is 172 g/mol. The van der Waals surface area contributed by atoms with E-state index in [1.54, 1.807) is 0 Å². The van der Waals surface area contributed by atoms with E-state index in [0.717, 1.165) is 0 Å². The van der Waals surface area contributed by atoms with Crippen molar-refractivity contribution in [3.05, 3.63) is 0 Å². The number of thioether (sulfide) groups is 2. The normalized spacial score (nSPS) is 23.5. The first-order valence-electron chi connectivity index (χ1n) is 4.55. The first-order valence-corrected chi connectivity index (χ1v) is 6.52. The first kappa shape index (κ1) is 9.79. The predicted molar refractivity (Wildman–Crippen MR) is 57.5 cm³/mol. The van der Waals surface area contributed by atoms with Crippen molar-refractivity contribution in [1.82, 2.24) is 0 Å². The van der Waals surface area contributed by atoms with Gasteiger partial charge in [0.15, 0.2) is 0 Å². The number of hydrogen-bond acceptors (Lipinski definition) is 2. The van der Waals surface area contributed by atoms with Gasteiger partial charge in [0, 0.05) is 0 Å². The Kier molecular flexibility index (Phi) is 4.14. The third kappa shape index (κ3) is 3.29. The highest BCUT2D eigenvalue weighted by Crippen LogP contribution is 2.44. The molecule has 0 radical (unpaired) electrons. The average molecular weight is 190 g/mol. The molecule has 0 aromatic carbocycles. The highest BCUT2D eigenvalue weighted by molar-refractivity contribution is 8.18. The van der Waals surface area contributed by atoms with E-state index >= 15 is 0 Å². The Morgan fingerprint density at radius 1 is 1.27 bits per heavy atom. The highest BCUT2D eigenvalue weighted by Gasteiger charge is 2.26. The van der Waals surface area contributed by atoms with Gasteiger partial charge in [0.05, 0.1) is 4.08 Å². The van der Waals surface area contributed by atoms with Crippen LogP contribution >= 0.6 is 23.5 Å². The Labute approximate surface area is 78.9 Å². The van der Waals surface area contributed by atoms with Gasteiger partial charge < -0.3 is 0 Å². The van der Waals surface area contributed by atoms with Crippen LogP contribution in [0.2, 0.25) is 0 Å². The van der Waals surface area contributed by atoms with E-state index in [0.29, 0.717) is 4.08 Å². The molecule has 11 heavy (non-hydrogen) atoms. The minimum Gasteiger partial charge on any atom is -0.144 e. The summed E-state index contributed by atoms with van der Waals surface area (Å²) in [5, 5.41) is 0. The van der Waals surface area contributed by atoms with Crippen LogP contribution in [-0.4, -0.2) is 15.6 Å². The maximum atomic E-state index is 2.41. The summed E-state index contributed by atoms with van der Waals surface area (Å²) in [5.74, 6) is 2.76. The lowest BCUT2D eigenvalue weighted by molar-refractivity contribution is 0.681. The molecule has 0 aliphatic carbocycles. The van der Waals surface area contributed by atoms with E-state index < -0.39 is 0 Å². The first-order chi connectivity index (χ1) is 5.27. The Hall–Kier alpha value is 0.700. The number of rotatable bonds is 3. The third-order valence-electron chi connectivity index (χ3n) is 2.09. The summed E-state index contributed by atoms with van der Waals surface area (Å²) in [7, 11) is 0. The fourth-order valence-corrected chi connectivity index (χ4v) is 4.35. The highest BCUT2D eigenvalue weighted by atomic mass is 32.2. The molecule has 0 spiro atoms. The molecule has 0 atom stereocenters. The summed E-state index contributed by atoms with van der Waals surface area (Å²) in [5.41, 5.74) is 0. The molecule has 0 nitrogen and oxygen atoms in total. The summed E-state index contributed by atoms with van der Waals surface area (Å²) in [4.78, 5) is 0. The Bertz CT molecular complexity index is 106. The van der Waals surface area contributed by atoms with Gasteiger partial charge in [-0.2, -0.15) is 0 Å². The molecule has 0 saturated carbocycles. The van der Waals surface area contributed by atoms with Crippen LogP contribution in [0.3, 0.4) is 0 Å². The molecule has 2 heteroatoms. The lowest BCUT2D eigenvalue weighted by Gasteiger charge is -2.32. The van der Waals surface area contributed by atoms with Crippen molar-refractivity contribution in [2.24, 2.45) is 0 Å². The second-order valence-corrected chi connectivity index (χ2v) is 6.74. The molecule has 1 fully saturated rings. The molecule has 0 unspecified atom stereocenters. The zero-order valence-electron chi connectivity index (χ0n) is 7.56. The van der Waals surface area contributed by atoms with Crippen molar-refractivity contribution in [3.8, 4) is 0 Å². The van der Waals surface area contributed by atoms with Crippen LogP contribution in [0, 0.1) is 0 Å². The molecule has 1 aliphatic rings. The molecule has 1 heterocycles. The van der Waals surface area contributed by atoms with Crippen LogP contribution in [-0.2, 0) is 0 Å². The number of unbranched alkanes of at least 4 members (excludes halogenated alkanes) is 1. The largest absolute Gasteiger partial charge is 0.144 e. The van der Waals surface area contributed by atoms with Gasteiger partial charge >= 0.3 is 0 Å². The minimum atomic E-state index is 0.564. The fourth-order valence-electron chi connectivity index (χ4n) is 1.32. The van der Waals surface area contributed by atoms with Crippen molar-refractivity contribution in [2.45, 2.75) is 43.6 Å². The van der Waals surface area contributed by atoms with Gasteiger partial charge in [0.2, 0.25) is 0 Å². The standard InChI is InChI=1S/C9H18S2/c1-3-4-6-9(2)10-7-5-8-11-9/h3-8H2,1-2H3. The van der Waals surface area contributed by atoms with Gasteiger partial charge in [-0.25, -0.2) is 0 Å². The summed E-state index contributed by atoms with van der Waals surface area (Å²) in [6.45, 7) is 4.69. The van der Waals surface area contributed by atoms with Crippen molar-refractivity contribution < 1.29 is 0 Å². The molecule has 0 amide bonds. The van der Waals surface area contributed by atoms with E-state index in [-0.39, 0.29) is 0 Å². The Morgan fingerprint density at radius 3 is 2.45 bits per heavy atom. The smallest absolute Gasteiger partial charge is 0.0583 e. The van der Waals surface area contributed by atoms with E-state index in [2.05, 4.69) is 37.4 Å². The van der Waals surface area contributed by atoms with Gasteiger partial charge in [-0.05, 0) is 31.3 Å². The van der Waals surface area contributed by atoms with Crippen molar-refractivity contribution >= 4 is 23.5 Å². The molecule has 0 aromatic rings. The zero-order chi connectivity index (χ0) is 8.16. The van der Waals surface area contributed by atoms with Gasteiger partial charge in [0.25, 0.3) is 0 Å². The molecule has 1 rings (SSSR count). The van der Waals surface area contributed by atoms with Crippen LogP contribution in [0.4, 0.5) is 0 Å². The second-order valence-electron chi connectivity index (χ2n) is 3.29. The third-order valence-corrected chi connectivity index (χ3v) is 5.41. The van der Waals surface area contributed by atoms with E-state index in [1.165, 1.54) is 37.2 Å². The zero-order valence-corrected chi connectivity index (χ0v) is 9.19. The molecule has 0 N–H and O–H groups in total. The van der Waals surface area contributed by atoms with Crippen LogP contribution in [0.15, 0.2) is 0 Å². The van der Waals surface area contributed by atoms with Gasteiger partial charge in [-0.1, -0.05) is 19.8 Å². The van der Waals surface area contributed by atoms with Gasteiger partial charge in [-0.3, -0.25) is 0 Å². The summed E-state index contributed by atoms with van der Waals surface area (Å²) in [6.07, 6.45) is 5.56. The van der Waals surface area contributed by atoms with Crippen LogP contribution in [0.25, 0.3) is 0 Å². The maximum absolute atomic E-state index is 2.41. The summed E-state index contributed by atoms with van der Waals surface area (Å²) >= 11 is 4.34. The fraction of sp³-hybridized carbons (Fsp3) is 1.00. The van der Waals surface area contributed by atoms with Crippen molar-refractivity contribution in [1.29, 1.82) is 0 Å². The molecule has 66 valence electrons. The van der Waals surface area contributed by atoms with Crippen LogP contribution in [0.5, 0.6) is 0 Å². The van der Waals surface area contributed by atoms with Gasteiger partial charge in [0.1, 0.15) is 0 Å². The minimum absolute atomic E-state index is 0.564. The topological polar surface area (TPSA) is 0 Å². The SMILES string of the molecule is CCCCC1(C)SCCCS1. The van der Waals surface area contributed by atoms with E-state index in [1.807, 2.05) is 0 Å². The average Bonchev–Trinajstić information content (AvgIpc) is 2.03. The lowest BCUT2D eigenvalue weighted by atomic mass is 10.2. The monoisotopic (exact) mass is 190 g/mol. The predicted octanol–water partition coefficient (Wildman–Crippen LogP) is 3.76. The molecule has 1 aliphatic heterocycles. The van der Waals surface area contributed by atoms with Gasteiger partial charge in [-0.15, -0.1) is 23.5 Å². The van der Waals surface area contributed by atoms with E-state index in [4.69, 9.17) is 0 Å². The second kappa shape index (κ2) is 4.66. The quantitative estimate of drug-likeness (QED) is 0.664. The van der Waals surface area contributed by atoms with Crippen LogP contribution in [0.1, 0.15) is 39.5 Å². The number of hydrogen-bond donors (Lipinski definition) is 0. The molecule has 0 aromatic heterocycles. The Morgan fingerprint density at radius 2 is 1.91 bits per heavy atom. The van der Waals surface area contributed by atoms with Crippen molar-refractivity contribution in [3.63, 3.8) is 0 Å². The molecule has 1 saturated heterocycles. The van der Waals surface area contributed by atoms with Crippen molar-refractivity contribution in [2.75, 3.05) is 11.5 Å². The maximum Gasteiger partial charge on any atom is 0.0583 e. The summed E-state index contributed by atoms with van der Waals surface area (Å²) in [6, 6.07) is 0. The lowest BCUT2D eigenvalue weighted by Crippen LogP contribution is -2.20. The Balaban J connectivity index is 2.25. The molecule has 0 bridgehead atoms. The van der Waals surface area contributed by atoms with E-state index in [9.17, 15) is 0 Å². The van der Waals surface area contributed by atoms with Crippen LogP contribution < -0.4 is 0 Å². The molecular formula is C9H18S2. The summed E-state index contributed by atoms with van der Waals surface area (Å²) < 4.78 is 0.564.